The van der Waals surface area contributed by atoms with E-state index in [2.05, 4.69) is 15.3 Å². The number of rotatable bonds is 6. The zero-order chi connectivity index (χ0) is 20.1. The van der Waals surface area contributed by atoms with E-state index in [1.54, 1.807) is 43.5 Å². The Morgan fingerprint density at radius 1 is 1.36 bits per heavy atom. The van der Waals surface area contributed by atoms with Crippen molar-refractivity contribution in [1.82, 2.24) is 9.97 Å². The largest absolute Gasteiger partial charge is 0.467 e. The van der Waals surface area contributed by atoms with Crippen molar-refractivity contribution in [3.05, 3.63) is 70.5 Å². The molecule has 28 heavy (non-hydrogen) atoms. The molecule has 0 atom stereocenters. The number of aromatic nitrogens is 2. The van der Waals surface area contributed by atoms with Crippen molar-refractivity contribution >= 4 is 29.5 Å². The summed E-state index contributed by atoms with van der Waals surface area (Å²) in [6.45, 7) is 2.14. The zero-order valence-corrected chi connectivity index (χ0v) is 16.0. The van der Waals surface area contributed by atoms with Gasteiger partial charge in [-0.1, -0.05) is 23.8 Å². The van der Waals surface area contributed by atoms with Gasteiger partial charge in [-0.2, -0.15) is 0 Å². The van der Waals surface area contributed by atoms with Crippen LogP contribution in [0.15, 0.2) is 47.1 Å². The minimum Gasteiger partial charge on any atom is -0.467 e. The van der Waals surface area contributed by atoms with Crippen molar-refractivity contribution < 1.29 is 18.3 Å². The summed E-state index contributed by atoms with van der Waals surface area (Å²) >= 11 is 5.75. The Balaban J connectivity index is 2.12. The van der Waals surface area contributed by atoms with Gasteiger partial charge in [-0.05, 0) is 37.3 Å². The van der Waals surface area contributed by atoms with Gasteiger partial charge >= 0.3 is 5.97 Å². The van der Waals surface area contributed by atoms with E-state index in [-0.39, 0.29) is 16.5 Å². The Labute approximate surface area is 166 Å². The van der Waals surface area contributed by atoms with Crippen LogP contribution in [0.4, 0.5) is 10.2 Å². The maximum absolute atomic E-state index is 13.9. The van der Waals surface area contributed by atoms with Crippen LogP contribution < -0.4 is 5.32 Å². The lowest BCUT2D eigenvalue weighted by Crippen LogP contribution is -2.13. The number of anilines is 1. The quantitative estimate of drug-likeness (QED) is 0.588. The van der Waals surface area contributed by atoms with Crippen molar-refractivity contribution in [3.8, 4) is 11.4 Å². The van der Waals surface area contributed by atoms with E-state index in [1.807, 2.05) is 0 Å². The molecule has 0 unspecified atom stereocenters. The van der Waals surface area contributed by atoms with Crippen molar-refractivity contribution in [2.24, 2.45) is 0 Å². The van der Waals surface area contributed by atoms with Gasteiger partial charge in [0.15, 0.2) is 11.5 Å². The van der Waals surface area contributed by atoms with Gasteiger partial charge in [-0.3, -0.25) is 0 Å². The van der Waals surface area contributed by atoms with E-state index in [1.165, 1.54) is 19.2 Å². The van der Waals surface area contributed by atoms with Crippen LogP contribution in [0.1, 0.15) is 28.7 Å². The summed E-state index contributed by atoms with van der Waals surface area (Å²) in [5.74, 6) is -0.0117. The molecule has 1 aromatic carbocycles. The van der Waals surface area contributed by atoms with Crippen LogP contribution in [0.5, 0.6) is 0 Å². The molecule has 3 rings (SSSR count). The van der Waals surface area contributed by atoms with Crippen LogP contribution in [0, 0.1) is 5.82 Å². The molecule has 0 radical (unpaired) electrons. The van der Waals surface area contributed by atoms with E-state index in [4.69, 9.17) is 20.8 Å². The summed E-state index contributed by atoms with van der Waals surface area (Å²) in [7, 11) is 1.27. The third kappa shape index (κ3) is 4.20. The van der Waals surface area contributed by atoms with Crippen LogP contribution in [0.25, 0.3) is 17.5 Å². The molecule has 144 valence electrons. The van der Waals surface area contributed by atoms with E-state index in [9.17, 15) is 9.18 Å². The van der Waals surface area contributed by atoms with E-state index in [0.29, 0.717) is 29.2 Å². The monoisotopic (exact) mass is 401 g/mol. The number of methoxy groups -OCH3 is 1. The standard InChI is InChI=1S/C20H17ClFN3O3/c1-3-5-14-17(20(26)27-2)24-18(12-7-8-15(21)16(22)10-12)25-19(14)23-11-13-6-4-9-28-13/h3-10H,11H2,1-2H3,(H,23,24,25)/b5-3-. The summed E-state index contributed by atoms with van der Waals surface area (Å²) in [4.78, 5) is 21.1. The Morgan fingerprint density at radius 3 is 2.82 bits per heavy atom. The predicted octanol–water partition coefficient (Wildman–Crippen LogP) is 4.96. The summed E-state index contributed by atoms with van der Waals surface area (Å²) < 4.78 is 24.1. The molecule has 2 aromatic heterocycles. The topological polar surface area (TPSA) is 77.3 Å². The van der Waals surface area contributed by atoms with Gasteiger partial charge in [-0.25, -0.2) is 19.2 Å². The second-order valence-corrected chi connectivity index (χ2v) is 6.12. The van der Waals surface area contributed by atoms with Crippen molar-refractivity contribution in [3.63, 3.8) is 0 Å². The average Bonchev–Trinajstić information content (AvgIpc) is 3.22. The highest BCUT2D eigenvalue weighted by atomic mass is 35.5. The Hall–Kier alpha value is -3.19. The molecule has 0 aliphatic rings. The first-order chi connectivity index (χ1) is 13.5. The van der Waals surface area contributed by atoms with Gasteiger partial charge in [0.2, 0.25) is 0 Å². The Morgan fingerprint density at radius 2 is 2.18 bits per heavy atom. The van der Waals surface area contributed by atoms with E-state index >= 15 is 0 Å². The number of carbonyl (C=O) groups is 1. The number of carbonyl (C=O) groups excluding carboxylic acids is 1. The molecule has 3 aromatic rings. The van der Waals surface area contributed by atoms with Crippen molar-refractivity contribution in [1.29, 1.82) is 0 Å². The van der Waals surface area contributed by atoms with Crippen LogP contribution >= 0.6 is 11.6 Å². The van der Waals surface area contributed by atoms with Gasteiger partial charge in [0.05, 0.1) is 24.9 Å². The highest BCUT2D eigenvalue weighted by molar-refractivity contribution is 6.30. The second-order valence-electron chi connectivity index (χ2n) is 5.71. The molecular weight excluding hydrogens is 385 g/mol. The molecule has 2 heterocycles. The molecule has 0 amide bonds. The SMILES string of the molecule is C/C=C\c1c(NCc2ccco2)nc(-c2ccc(Cl)c(F)c2)nc1C(=O)OC. The lowest BCUT2D eigenvalue weighted by atomic mass is 10.1. The summed E-state index contributed by atoms with van der Waals surface area (Å²) in [6, 6.07) is 7.77. The van der Waals surface area contributed by atoms with Crippen molar-refractivity contribution in [2.45, 2.75) is 13.5 Å². The van der Waals surface area contributed by atoms with Gasteiger partial charge in [0, 0.05) is 11.1 Å². The van der Waals surface area contributed by atoms with Gasteiger partial charge in [0.1, 0.15) is 17.4 Å². The molecule has 0 aliphatic heterocycles. The number of hydrogen-bond donors (Lipinski definition) is 1. The minimum atomic E-state index is -0.632. The zero-order valence-electron chi connectivity index (χ0n) is 15.2. The molecule has 0 aliphatic carbocycles. The third-order valence-corrected chi connectivity index (χ3v) is 4.15. The lowest BCUT2D eigenvalue weighted by Gasteiger charge is -2.13. The number of furan rings is 1. The molecule has 0 saturated heterocycles. The average molecular weight is 402 g/mol. The number of ether oxygens (including phenoxy) is 1. The molecule has 0 spiro atoms. The summed E-state index contributed by atoms with van der Waals surface area (Å²) in [5, 5.41) is 3.12. The minimum absolute atomic E-state index is 0.0151. The van der Waals surface area contributed by atoms with Gasteiger partial charge in [-0.15, -0.1) is 0 Å². The second kappa shape index (κ2) is 8.67. The lowest BCUT2D eigenvalue weighted by molar-refractivity contribution is 0.0594. The first-order valence-electron chi connectivity index (χ1n) is 8.38. The number of allylic oxidation sites excluding steroid dienone is 1. The highest BCUT2D eigenvalue weighted by Crippen LogP contribution is 2.27. The number of esters is 1. The Kier molecular flexibility index (Phi) is 6.06. The molecule has 1 N–H and O–H groups in total. The van der Waals surface area contributed by atoms with Crippen LogP contribution in [0.3, 0.4) is 0 Å². The van der Waals surface area contributed by atoms with Crippen LogP contribution in [-0.2, 0) is 11.3 Å². The molecule has 6 nitrogen and oxygen atoms in total. The summed E-state index contributed by atoms with van der Waals surface area (Å²) in [5.41, 5.74) is 0.891. The highest BCUT2D eigenvalue weighted by Gasteiger charge is 2.20. The Bertz CT molecular complexity index is 1020. The number of nitrogens with one attached hydrogen (secondary N) is 1. The van der Waals surface area contributed by atoms with Crippen LogP contribution in [0.2, 0.25) is 5.02 Å². The fraction of sp³-hybridized carbons (Fsp3) is 0.150. The maximum atomic E-state index is 13.9. The fourth-order valence-electron chi connectivity index (χ4n) is 2.53. The van der Waals surface area contributed by atoms with Crippen LogP contribution in [-0.4, -0.2) is 23.0 Å². The number of hydrogen-bond acceptors (Lipinski definition) is 6. The first-order valence-corrected chi connectivity index (χ1v) is 8.76. The molecule has 0 bridgehead atoms. The normalized spacial score (nSPS) is 11.0. The number of nitrogens with zero attached hydrogens (tertiary/aromatic N) is 2. The molecule has 8 heteroatoms. The van der Waals surface area contributed by atoms with Crippen molar-refractivity contribution in [2.75, 3.05) is 12.4 Å². The van der Waals surface area contributed by atoms with Gasteiger partial charge < -0.3 is 14.5 Å². The molecule has 0 saturated carbocycles. The molecule has 0 fully saturated rings. The molecular formula is C20H17ClFN3O3. The van der Waals surface area contributed by atoms with Gasteiger partial charge in [0.25, 0.3) is 0 Å². The van der Waals surface area contributed by atoms with E-state index < -0.39 is 11.8 Å². The number of benzene rings is 1. The maximum Gasteiger partial charge on any atom is 0.357 e. The van der Waals surface area contributed by atoms with E-state index in [0.717, 1.165) is 0 Å². The number of halogens is 2. The predicted molar refractivity (Wildman–Crippen MR) is 105 cm³/mol. The third-order valence-electron chi connectivity index (χ3n) is 3.85. The summed E-state index contributed by atoms with van der Waals surface area (Å²) in [6.07, 6.45) is 5.01. The fourth-order valence-corrected chi connectivity index (χ4v) is 2.65. The smallest absolute Gasteiger partial charge is 0.357 e. The first kappa shape index (κ1) is 19.6.